The van der Waals surface area contributed by atoms with Crippen molar-refractivity contribution in [3.8, 4) is 16.9 Å². The normalized spacial score (nSPS) is 22.8. The average molecular weight is 340 g/mol. The van der Waals surface area contributed by atoms with Gasteiger partial charge in [-0.25, -0.2) is 0 Å². The lowest BCUT2D eigenvalue weighted by atomic mass is 9.86. The molecule has 2 aromatic carbocycles. The second-order valence-corrected chi connectivity index (χ2v) is 7.06. The van der Waals surface area contributed by atoms with Crippen LogP contribution in [0.1, 0.15) is 32.6 Å². The molecule has 1 amide bonds. The molecule has 1 saturated carbocycles. The standard InChI is InChI=1S/C19H20N2O4/c1-10-2-5-12(6-3-10)20-17-16(18(23)19(17)24)11-4-7-13-14(8-11)25-9-15(22)21-13/h4,7-8,10,12,20H,2-3,5-6,9H2,1H3,(H,21,22). The maximum Gasteiger partial charge on any atom is 0.262 e. The number of ether oxygens (including phenoxy) is 1. The molecule has 6 nitrogen and oxygen atoms in total. The summed E-state index contributed by atoms with van der Waals surface area (Å²) in [6.45, 7) is 2.19. The summed E-state index contributed by atoms with van der Waals surface area (Å²) in [5, 5.41) is 6.01. The van der Waals surface area contributed by atoms with Crippen LogP contribution in [0.3, 0.4) is 0 Å². The van der Waals surface area contributed by atoms with Gasteiger partial charge >= 0.3 is 0 Å². The summed E-state index contributed by atoms with van der Waals surface area (Å²) in [6.07, 6.45) is 4.29. The van der Waals surface area contributed by atoms with Gasteiger partial charge in [0, 0.05) is 6.04 Å². The maximum absolute atomic E-state index is 12.1. The first-order valence-corrected chi connectivity index (χ1v) is 8.70. The number of rotatable bonds is 3. The number of fused-ring (bicyclic) bond motifs is 1. The number of carbonyl (C=O) groups excluding carboxylic acids is 1. The van der Waals surface area contributed by atoms with Crippen molar-refractivity contribution in [2.45, 2.75) is 38.6 Å². The van der Waals surface area contributed by atoms with Gasteiger partial charge in [0.15, 0.2) is 6.61 Å². The van der Waals surface area contributed by atoms with E-state index in [-0.39, 0.29) is 18.6 Å². The third-order valence-corrected chi connectivity index (χ3v) is 5.18. The predicted octanol–water partition coefficient (Wildman–Crippen LogP) is 2.27. The van der Waals surface area contributed by atoms with Gasteiger partial charge in [-0.1, -0.05) is 13.0 Å². The van der Waals surface area contributed by atoms with Gasteiger partial charge in [0.25, 0.3) is 5.91 Å². The van der Waals surface area contributed by atoms with E-state index in [9.17, 15) is 14.4 Å². The summed E-state index contributed by atoms with van der Waals surface area (Å²) < 4.78 is 5.40. The second kappa shape index (κ2) is 6.02. The zero-order chi connectivity index (χ0) is 17.6. The molecule has 6 heteroatoms. The molecular weight excluding hydrogens is 320 g/mol. The van der Waals surface area contributed by atoms with E-state index >= 15 is 0 Å². The average Bonchev–Trinajstić information content (AvgIpc) is 2.62. The molecule has 0 spiro atoms. The lowest BCUT2D eigenvalue weighted by molar-refractivity contribution is -0.118. The quantitative estimate of drug-likeness (QED) is 0.838. The van der Waals surface area contributed by atoms with Crippen molar-refractivity contribution < 1.29 is 9.53 Å². The van der Waals surface area contributed by atoms with E-state index < -0.39 is 10.9 Å². The molecule has 0 bridgehead atoms. The van der Waals surface area contributed by atoms with Crippen LogP contribution in [-0.2, 0) is 4.79 Å². The van der Waals surface area contributed by atoms with E-state index in [2.05, 4.69) is 17.6 Å². The number of hydrogen-bond acceptors (Lipinski definition) is 5. The minimum atomic E-state index is -0.466. The molecule has 0 aromatic heterocycles. The van der Waals surface area contributed by atoms with Gasteiger partial charge in [-0.2, -0.15) is 0 Å². The van der Waals surface area contributed by atoms with Gasteiger partial charge in [-0.05, 0) is 49.3 Å². The Morgan fingerprint density at radius 2 is 1.84 bits per heavy atom. The molecule has 0 saturated heterocycles. The largest absolute Gasteiger partial charge is 0.482 e. The van der Waals surface area contributed by atoms with Crippen molar-refractivity contribution in [3.63, 3.8) is 0 Å². The molecule has 2 aromatic rings. The van der Waals surface area contributed by atoms with Gasteiger partial charge in [0.05, 0.1) is 16.9 Å². The molecule has 0 radical (unpaired) electrons. The molecule has 1 aliphatic carbocycles. The third-order valence-electron chi connectivity index (χ3n) is 5.18. The van der Waals surface area contributed by atoms with Gasteiger partial charge in [-0.3, -0.25) is 14.4 Å². The fraction of sp³-hybridized carbons (Fsp3) is 0.421. The summed E-state index contributed by atoms with van der Waals surface area (Å²) in [7, 11) is 0. The van der Waals surface area contributed by atoms with Gasteiger partial charge in [0.1, 0.15) is 5.75 Å². The van der Waals surface area contributed by atoms with Crippen LogP contribution in [0, 0.1) is 5.92 Å². The highest BCUT2D eigenvalue weighted by atomic mass is 16.5. The summed E-state index contributed by atoms with van der Waals surface area (Å²) in [4.78, 5) is 35.5. The van der Waals surface area contributed by atoms with E-state index in [1.807, 2.05) is 0 Å². The Kier molecular flexibility index (Phi) is 3.82. The van der Waals surface area contributed by atoms with Crippen molar-refractivity contribution in [3.05, 3.63) is 38.6 Å². The van der Waals surface area contributed by atoms with Crippen LogP contribution in [-0.4, -0.2) is 18.6 Å². The van der Waals surface area contributed by atoms with E-state index in [1.54, 1.807) is 18.2 Å². The van der Waals surface area contributed by atoms with Crippen LogP contribution in [0.5, 0.6) is 5.75 Å². The number of hydrogen-bond donors (Lipinski definition) is 2. The molecule has 25 heavy (non-hydrogen) atoms. The Labute approximate surface area is 144 Å². The Hall–Kier alpha value is -2.63. The van der Waals surface area contributed by atoms with Gasteiger partial charge in [0.2, 0.25) is 10.9 Å². The summed E-state index contributed by atoms with van der Waals surface area (Å²) in [6, 6.07) is 5.38. The highest BCUT2D eigenvalue weighted by Crippen LogP contribution is 2.35. The van der Waals surface area contributed by atoms with Gasteiger partial charge < -0.3 is 15.4 Å². The van der Waals surface area contributed by atoms with Crippen molar-refractivity contribution in [1.82, 2.24) is 0 Å². The number of benzene rings is 1. The topological polar surface area (TPSA) is 84.5 Å². The van der Waals surface area contributed by atoms with Crippen LogP contribution in [0.15, 0.2) is 27.8 Å². The van der Waals surface area contributed by atoms with E-state index in [0.29, 0.717) is 28.3 Å². The van der Waals surface area contributed by atoms with E-state index in [0.717, 1.165) is 31.6 Å². The third kappa shape index (κ3) is 2.81. The van der Waals surface area contributed by atoms with Crippen LogP contribution < -0.4 is 26.2 Å². The predicted molar refractivity (Wildman–Crippen MR) is 96.0 cm³/mol. The van der Waals surface area contributed by atoms with Crippen LogP contribution >= 0.6 is 0 Å². The first-order valence-electron chi connectivity index (χ1n) is 8.70. The zero-order valence-electron chi connectivity index (χ0n) is 14.1. The molecule has 4 rings (SSSR count). The fourth-order valence-electron chi connectivity index (χ4n) is 3.64. The Balaban J connectivity index is 1.61. The molecule has 1 heterocycles. The highest BCUT2D eigenvalue weighted by Gasteiger charge is 2.27. The molecule has 2 aliphatic rings. The van der Waals surface area contributed by atoms with Crippen LogP contribution in [0.4, 0.5) is 11.4 Å². The van der Waals surface area contributed by atoms with Crippen molar-refractivity contribution >= 4 is 17.3 Å². The first-order chi connectivity index (χ1) is 12.0. The Morgan fingerprint density at radius 3 is 2.60 bits per heavy atom. The summed E-state index contributed by atoms with van der Waals surface area (Å²) in [5.74, 6) is 1.03. The van der Waals surface area contributed by atoms with Crippen molar-refractivity contribution in [1.29, 1.82) is 0 Å². The zero-order valence-corrected chi connectivity index (χ0v) is 14.1. The molecule has 0 atom stereocenters. The smallest absolute Gasteiger partial charge is 0.262 e. The maximum atomic E-state index is 12.1. The van der Waals surface area contributed by atoms with Crippen LogP contribution in [0.25, 0.3) is 11.1 Å². The lowest BCUT2D eigenvalue weighted by Crippen LogP contribution is -2.39. The molecule has 1 fully saturated rings. The Morgan fingerprint density at radius 1 is 1.08 bits per heavy atom. The number of anilines is 2. The first kappa shape index (κ1) is 15.9. The fourth-order valence-corrected chi connectivity index (χ4v) is 3.64. The Bertz CT molecular complexity index is 903. The molecule has 0 unspecified atom stereocenters. The van der Waals surface area contributed by atoms with Crippen LogP contribution in [0.2, 0.25) is 0 Å². The van der Waals surface area contributed by atoms with E-state index in [1.165, 1.54) is 0 Å². The minimum absolute atomic E-state index is 0.0479. The number of nitrogens with one attached hydrogen (secondary N) is 2. The number of amides is 1. The SMILES string of the molecule is CC1CCC(Nc2c(-c3ccc4c(c3)OCC(=O)N4)c(=O)c2=O)CC1. The number of carbonyl (C=O) groups is 1. The molecule has 1 aliphatic heterocycles. The van der Waals surface area contributed by atoms with Crippen molar-refractivity contribution in [2.75, 3.05) is 17.2 Å². The summed E-state index contributed by atoms with van der Waals surface area (Å²) in [5.41, 5.74) is 1.16. The van der Waals surface area contributed by atoms with Crippen molar-refractivity contribution in [2.24, 2.45) is 5.92 Å². The molecule has 2 N–H and O–H groups in total. The van der Waals surface area contributed by atoms with Gasteiger partial charge in [-0.15, -0.1) is 0 Å². The summed E-state index contributed by atoms with van der Waals surface area (Å²) >= 11 is 0. The lowest BCUT2D eigenvalue weighted by Gasteiger charge is -2.29. The minimum Gasteiger partial charge on any atom is -0.482 e. The molecule has 130 valence electrons. The monoisotopic (exact) mass is 340 g/mol. The van der Waals surface area contributed by atoms with E-state index in [4.69, 9.17) is 4.74 Å². The molecular formula is C19H20N2O4. The second-order valence-electron chi connectivity index (χ2n) is 7.06. The highest BCUT2D eigenvalue weighted by molar-refractivity contribution is 5.96.